The van der Waals surface area contributed by atoms with Gasteiger partial charge in [0.15, 0.2) is 4.80 Å². The highest BCUT2D eigenvalue weighted by molar-refractivity contribution is 7.07. The van der Waals surface area contributed by atoms with Crippen molar-refractivity contribution in [1.29, 1.82) is 0 Å². The highest BCUT2D eigenvalue weighted by Crippen LogP contribution is 2.34. The molecule has 2 aromatic heterocycles. The summed E-state index contributed by atoms with van der Waals surface area (Å²) in [5.41, 5.74) is 1.33. The van der Waals surface area contributed by atoms with Gasteiger partial charge < -0.3 is 14.3 Å². The zero-order chi connectivity index (χ0) is 27.8. The van der Waals surface area contributed by atoms with Crippen LogP contribution < -0.4 is 14.9 Å². The molecule has 0 saturated carbocycles. The Bertz CT molecular complexity index is 1850. The molecule has 3 heterocycles. The topological polar surface area (TPSA) is 111 Å². The lowest BCUT2D eigenvalue weighted by atomic mass is 9.96. The number of carboxylic acids is 1. The summed E-state index contributed by atoms with van der Waals surface area (Å²) < 4.78 is 13.0. The molecule has 0 radical (unpaired) electrons. The van der Waals surface area contributed by atoms with Gasteiger partial charge in [-0.05, 0) is 55.8 Å². The molecule has 8 nitrogen and oxygen atoms in total. The quantitative estimate of drug-likeness (QED) is 0.318. The number of hydrogen-bond donors (Lipinski definition) is 1. The number of hydrogen-bond acceptors (Lipinski definition) is 7. The number of furan rings is 1. The second kappa shape index (κ2) is 10.7. The van der Waals surface area contributed by atoms with Crippen LogP contribution in [0.5, 0.6) is 0 Å². The van der Waals surface area contributed by atoms with Gasteiger partial charge >= 0.3 is 11.9 Å². The Morgan fingerprint density at radius 2 is 1.92 bits per heavy atom. The van der Waals surface area contributed by atoms with Gasteiger partial charge in [-0.2, -0.15) is 0 Å². The fourth-order valence-electron chi connectivity index (χ4n) is 4.34. The van der Waals surface area contributed by atoms with Gasteiger partial charge in [-0.15, -0.1) is 0 Å². The summed E-state index contributed by atoms with van der Waals surface area (Å²) in [6.07, 6.45) is 1.58. The van der Waals surface area contributed by atoms with E-state index in [0.717, 1.165) is 11.3 Å². The molecule has 0 aliphatic carbocycles. The molecule has 0 bridgehead atoms. The predicted molar refractivity (Wildman–Crippen MR) is 148 cm³/mol. The Balaban J connectivity index is 1.63. The van der Waals surface area contributed by atoms with Crippen LogP contribution in [-0.4, -0.2) is 28.2 Å². The van der Waals surface area contributed by atoms with Crippen molar-refractivity contribution in [3.05, 3.63) is 112 Å². The Labute approximate surface area is 235 Å². The Hall–Kier alpha value is -3.92. The number of aromatic carboxylic acids is 1. The van der Waals surface area contributed by atoms with Crippen LogP contribution in [0.15, 0.2) is 80.1 Å². The van der Waals surface area contributed by atoms with Crippen molar-refractivity contribution in [1.82, 2.24) is 4.57 Å². The molecule has 0 amide bonds. The van der Waals surface area contributed by atoms with Crippen molar-refractivity contribution >= 4 is 52.6 Å². The third kappa shape index (κ3) is 4.96. The number of carbonyl (C=O) groups is 2. The van der Waals surface area contributed by atoms with E-state index in [1.54, 1.807) is 62.4 Å². The molecule has 2 aromatic carbocycles. The summed E-state index contributed by atoms with van der Waals surface area (Å²) in [5, 5.41) is 9.88. The van der Waals surface area contributed by atoms with E-state index >= 15 is 0 Å². The summed E-state index contributed by atoms with van der Waals surface area (Å²) in [6, 6.07) is 14.1. The van der Waals surface area contributed by atoms with Crippen LogP contribution in [0.3, 0.4) is 0 Å². The fourth-order valence-corrected chi connectivity index (χ4v) is 5.80. The van der Waals surface area contributed by atoms with Crippen LogP contribution in [0.4, 0.5) is 0 Å². The molecule has 0 spiro atoms. The zero-order valence-electron chi connectivity index (χ0n) is 20.6. The van der Waals surface area contributed by atoms with Crippen molar-refractivity contribution in [3.8, 4) is 11.3 Å². The second-order valence-corrected chi connectivity index (χ2v) is 10.3. The van der Waals surface area contributed by atoms with Crippen LogP contribution in [0.2, 0.25) is 10.0 Å². The van der Waals surface area contributed by atoms with E-state index in [0.29, 0.717) is 42.7 Å². The zero-order valence-corrected chi connectivity index (χ0v) is 22.9. The minimum atomic E-state index is -1.15. The number of thiazole rings is 1. The number of carboxylic acid groups (broad SMARTS) is 1. The van der Waals surface area contributed by atoms with E-state index in [4.69, 9.17) is 32.4 Å². The summed E-state index contributed by atoms with van der Waals surface area (Å²) in [7, 11) is 0. The lowest BCUT2D eigenvalue weighted by Gasteiger charge is -2.25. The lowest BCUT2D eigenvalue weighted by molar-refractivity contribution is -0.139. The van der Waals surface area contributed by atoms with Crippen LogP contribution in [-0.2, 0) is 9.53 Å². The van der Waals surface area contributed by atoms with Crippen LogP contribution >= 0.6 is 34.5 Å². The number of nitrogens with zero attached hydrogens (tertiary/aromatic N) is 2. The van der Waals surface area contributed by atoms with E-state index in [2.05, 4.69) is 4.99 Å². The first kappa shape index (κ1) is 26.7. The summed E-state index contributed by atoms with van der Waals surface area (Å²) >= 11 is 13.7. The van der Waals surface area contributed by atoms with Gasteiger partial charge in [-0.3, -0.25) is 9.36 Å². The molecule has 198 valence electrons. The molecule has 4 aromatic rings. The minimum absolute atomic E-state index is 0.0484. The molecule has 11 heteroatoms. The average molecular weight is 583 g/mol. The van der Waals surface area contributed by atoms with Crippen molar-refractivity contribution in [3.63, 3.8) is 0 Å². The van der Waals surface area contributed by atoms with E-state index in [9.17, 15) is 19.5 Å². The molecule has 1 atom stereocenters. The molecule has 1 N–H and O–H groups in total. The molecule has 0 fully saturated rings. The number of esters is 1. The van der Waals surface area contributed by atoms with Gasteiger partial charge in [-0.25, -0.2) is 14.6 Å². The van der Waals surface area contributed by atoms with Crippen LogP contribution in [0.1, 0.15) is 41.6 Å². The first-order valence-electron chi connectivity index (χ1n) is 11.8. The molecule has 1 aliphatic heterocycles. The second-order valence-electron chi connectivity index (χ2n) is 8.53. The number of rotatable bonds is 6. The third-order valence-electron chi connectivity index (χ3n) is 6.10. The standard InChI is InChI=1S/C28H20Cl2N2O6S/c1-3-37-27(36)23-14(2)31-28-32(24(23)17-6-4-5-7-19(17)29)25(33)22(39-28)13-16-9-11-21(38-16)15-8-10-20(30)18(12-15)26(34)35/h4-13,24H,3H2,1-2H3,(H,34,35)/b22-13-/t24-/m1/s1. The molecular weight excluding hydrogens is 563 g/mol. The smallest absolute Gasteiger partial charge is 0.338 e. The number of allylic oxidation sites excluding steroid dienone is 1. The largest absolute Gasteiger partial charge is 0.478 e. The van der Waals surface area contributed by atoms with Crippen LogP contribution in [0, 0.1) is 0 Å². The average Bonchev–Trinajstić information content (AvgIpc) is 3.48. The molecular formula is C28H20Cl2N2O6S. The first-order valence-corrected chi connectivity index (χ1v) is 13.3. The van der Waals surface area contributed by atoms with Gasteiger partial charge in [0.2, 0.25) is 0 Å². The van der Waals surface area contributed by atoms with E-state index in [1.165, 1.54) is 16.7 Å². The third-order valence-corrected chi connectivity index (χ3v) is 7.75. The number of ether oxygens (including phenoxy) is 1. The summed E-state index contributed by atoms with van der Waals surface area (Å²) in [6.45, 7) is 3.57. The lowest BCUT2D eigenvalue weighted by Crippen LogP contribution is -2.40. The van der Waals surface area contributed by atoms with Gasteiger partial charge in [-0.1, -0.05) is 52.7 Å². The fraction of sp³-hybridized carbons (Fsp3) is 0.143. The van der Waals surface area contributed by atoms with E-state index < -0.39 is 18.0 Å². The number of halogens is 2. The van der Waals surface area contributed by atoms with E-state index in [1.807, 2.05) is 0 Å². The van der Waals surface area contributed by atoms with Gasteiger partial charge in [0, 0.05) is 16.7 Å². The van der Waals surface area contributed by atoms with Crippen molar-refractivity contribution in [2.45, 2.75) is 19.9 Å². The number of aromatic nitrogens is 1. The maximum absolute atomic E-state index is 13.7. The molecule has 1 aliphatic rings. The molecule has 5 rings (SSSR count). The van der Waals surface area contributed by atoms with Crippen molar-refractivity contribution in [2.24, 2.45) is 4.99 Å². The van der Waals surface area contributed by atoms with Crippen LogP contribution in [0.25, 0.3) is 17.4 Å². The summed E-state index contributed by atoms with van der Waals surface area (Å²) in [4.78, 5) is 43.1. The van der Waals surface area contributed by atoms with E-state index in [-0.39, 0.29) is 28.3 Å². The number of benzene rings is 2. The highest BCUT2D eigenvalue weighted by atomic mass is 35.5. The minimum Gasteiger partial charge on any atom is -0.478 e. The molecule has 0 unspecified atom stereocenters. The van der Waals surface area contributed by atoms with Gasteiger partial charge in [0.25, 0.3) is 5.56 Å². The monoisotopic (exact) mass is 582 g/mol. The maximum atomic E-state index is 13.7. The Morgan fingerprint density at radius 1 is 1.15 bits per heavy atom. The highest BCUT2D eigenvalue weighted by Gasteiger charge is 2.34. The Kier molecular flexibility index (Phi) is 7.31. The van der Waals surface area contributed by atoms with Gasteiger partial charge in [0.05, 0.1) is 33.0 Å². The Morgan fingerprint density at radius 3 is 2.64 bits per heavy atom. The molecule has 39 heavy (non-hydrogen) atoms. The van der Waals surface area contributed by atoms with Crippen molar-refractivity contribution < 1.29 is 23.8 Å². The molecule has 0 saturated heterocycles. The normalized spacial score (nSPS) is 15.2. The van der Waals surface area contributed by atoms with Gasteiger partial charge in [0.1, 0.15) is 17.6 Å². The predicted octanol–water partition coefficient (Wildman–Crippen LogP) is 5.06. The maximum Gasteiger partial charge on any atom is 0.338 e. The summed E-state index contributed by atoms with van der Waals surface area (Å²) in [5.74, 6) is -0.946. The van der Waals surface area contributed by atoms with Crippen molar-refractivity contribution in [2.75, 3.05) is 6.61 Å². The number of carbonyl (C=O) groups excluding carboxylic acids is 1. The first-order chi connectivity index (χ1) is 18.7. The SMILES string of the molecule is CCOC(=O)C1=C(C)N=c2s/c(=C\c3ccc(-c4ccc(Cl)c(C(=O)O)c4)o3)c(=O)n2[C@@H]1c1ccccc1Cl. The number of fused-ring (bicyclic) bond motifs is 1.